The third-order valence-electron chi connectivity index (χ3n) is 6.41. The molecule has 1 aliphatic carbocycles. The van der Waals surface area contributed by atoms with Crippen LogP contribution < -0.4 is 30.7 Å². The summed E-state index contributed by atoms with van der Waals surface area (Å²) in [5, 5.41) is 12.2. The van der Waals surface area contributed by atoms with Crippen LogP contribution in [0.15, 0.2) is 18.2 Å². The number of amides is 3. The lowest BCUT2D eigenvalue weighted by atomic mass is 9.75. The lowest BCUT2D eigenvalue weighted by molar-refractivity contribution is -0.133. The Morgan fingerprint density at radius 1 is 1.17 bits per heavy atom. The minimum Gasteiger partial charge on any atom is -0.493 e. The molecule has 2 bridgehead atoms. The molecular formula is C26H40N4O5. The lowest BCUT2D eigenvalue weighted by Gasteiger charge is -2.34. The minimum absolute atomic E-state index is 0.0123. The second kappa shape index (κ2) is 12.8. The quantitative estimate of drug-likeness (QED) is 0.500. The van der Waals surface area contributed by atoms with E-state index in [2.05, 4.69) is 21.3 Å². The Labute approximate surface area is 208 Å². The number of nitrogens with one attached hydrogen (secondary N) is 4. The van der Waals surface area contributed by atoms with E-state index in [0.717, 1.165) is 18.4 Å². The molecule has 35 heavy (non-hydrogen) atoms. The maximum absolute atomic E-state index is 13.6. The first kappa shape index (κ1) is 26.8. The average Bonchev–Trinajstić information content (AvgIpc) is 3.63. The van der Waals surface area contributed by atoms with Crippen LogP contribution in [0, 0.1) is 11.3 Å². The lowest BCUT2D eigenvalue weighted by Crippen LogP contribution is -2.51. The van der Waals surface area contributed by atoms with Crippen LogP contribution in [-0.4, -0.2) is 63.7 Å². The van der Waals surface area contributed by atoms with E-state index in [1.807, 2.05) is 26.0 Å². The zero-order chi connectivity index (χ0) is 25.3. The van der Waals surface area contributed by atoms with Crippen molar-refractivity contribution in [1.82, 2.24) is 21.3 Å². The van der Waals surface area contributed by atoms with Gasteiger partial charge < -0.3 is 30.7 Å². The molecule has 0 aromatic heterocycles. The van der Waals surface area contributed by atoms with E-state index >= 15 is 0 Å². The van der Waals surface area contributed by atoms with Gasteiger partial charge in [0.15, 0.2) is 18.1 Å². The van der Waals surface area contributed by atoms with Crippen LogP contribution in [0.5, 0.6) is 11.5 Å². The molecule has 1 fully saturated rings. The Bertz CT molecular complexity index is 886. The molecule has 9 nitrogen and oxygen atoms in total. The molecule has 1 aliphatic heterocycles. The van der Waals surface area contributed by atoms with Crippen LogP contribution in [0.4, 0.5) is 0 Å². The molecule has 3 rings (SSSR count). The molecule has 0 radical (unpaired) electrons. The topological polar surface area (TPSA) is 118 Å². The van der Waals surface area contributed by atoms with Gasteiger partial charge in [-0.2, -0.15) is 0 Å². The zero-order valence-corrected chi connectivity index (χ0v) is 21.2. The van der Waals surface area contributed by atoms with Gasteiger partial charge in [-0.25, -0.2) is 0 Å². The van der Waals surface area contributed by atoms with E-state index in [9.17, 15) is 14.4 Å². The number of benzene rings is 1. The first-order chi connectivity index (χ1) is 16.8. The number of ether oxygens (including phenoxy) is 2. The average molecular weight is 489 g/mol. The van der Waals surface area contributed by atoms with Crippen LogP contribution in [0.3, 0.4) is 0 Å². The van der Waals surface area contributed by atoms with Gasteiger partial charge in [0, 0.05) is 32.1 Å². The molecule has 1 atom stereocenters. The van der Waals surface area contributed by atoms with Gasteiger partial charge in [0.2, 0.25) is 11.8 Å². The van der Waals surface area contributed by atoms with Gasteiger partial charge in [-0.1, -0.05) is 18.9 Å². The van der Waals surface area contributed by atoms with Gasteiger partial charge in [0.05, 0.1) is 12.5 Å². The fourth-order valence-corrected chi connectivity index (χ4v) is 4.42. The Balaban J connectivity index is 1.92. The number of carbonyl (C=O) groups excluding carboxylic acids is 3. The van der Waals surface area contributed by atoms with Crippen molar-refractivity contribution in [2.24, 2.45) is 11.3 Å². The Hall–Kier alpha value is -2.81. The summed E-state index contributed by atoms with van der Waals surface area (Å²) in [6.45, 7) is 5.78. The fraction of sp³-hybridized carbons (Fsp3) is 0.654. The van der Waals surface area contributed by atoms with Gasteiger partial charge >= 0.3 is 0 Å². The first-order valence-corrected chi connectivity index (χ1v) is 12.7. The Morgan fingerprint density at radius 2 is 1.97 bits per heavy atom. The van der Waals surface area contributed by atoms with Crippen molar-refractivity contribution in [3.8, 4) is 11.5 Å². The molecule has 3 amide bonds. The molecule has 0 spiro atoms. The van der Waals surface area contributed by atoms with Crippen molar-refractivity contribution in [2.75, 3.05) is 39.9 Å². The molecule has 2 aliphatic rings. The standard InChI is InChI=1S/C26H40N4O5/c1-18(2)30-25(33)26(14-19-6-7-19)15-20-8-9-21(34-3)22(13-20)35-16-24(32)28-12-11-27-10-4-5-23(31)29-17-26/h8-9,13,18-19,27H,4-7,10-12,14-17H2,1-3H3,(H,28,32)(H,29,31)(H,30,33). The summed E-state index contributed by atoms with van der Waals surface area (Å²) in [5.41, 5.74) is 0.105. The third-order valence-corrected chi connectivity index (χ3v) is 6.41. The van der Waals surface area contributed by atoms with E-state index in [4.69, 9.17) is 9.47 Å². The van der Waals surface area contributed by atoms with Crippen LogP contribution in [0.1, 0.15) is 51.5 Å². The number of methoxy groups -OCH3 is 1. The highest BCUT2D eigenvalue weighted by molar-refractivity contribution is 5.85. The van der Waals surface area contributed by atoms with E-state index < -0.39 is 5.41 Å². The van der Waals surface area contributed by atoms with Crippen LogP contribution in [0.25, 0.3) is 0 Å². The maximum Gasteiger partial charge on any atom is 0.257 e. The summed E-state index contributed by atoms with van der Waals surface area (Å²) in [6, 6.07) is 5.54. The minimum atomic E-state index is -0.784. The van der Waals surface area contributed by atoms with E-state index in [1.165, 1.54) is 0 Å². The molecule has 1 aromatic rings. The predicted molar refractivity (Wildman–Crippen MR) is 133 cm³/mol. The summed E-state index contributed by atoms with van der Waals surface area (Å²) in [6.07, 6.45) is 4.41. The highest BCUT2D eigenvalue weighted by Gasteiger charge is 2.43. The van der Waals surface area contributed by atoms with Gasteiger partial charge in [-0.05, 0) is 63.3 Å². The summed E-state index contributed by atoms with van der Waals surface area (Å²) < 4.78 is 11.2. The van der Waals surface area contributed by atoms with Gasteiger partial charge in [-0.3, -0.25) is 14.4 Å². The van der Waals surface area contributed by atoms with Crippen molar-refractivity contribution in [1.29, 1.82) is 0 Å². The van der Waals surface area contributed by atoms with Gasteiger partial charge in [-0.15, -0.1) is 0 Å². The molecule has 9 heteroatoms. The number of hydrogen-bond acceptors (Lipinski definition) is 6. The molecule has 0 saturated heterocycles. The maximum atomic E-state index is 13.6. The number of carbonyl (C=O) groups is 3. The van der Waals surface area contributed by atoms with Crippen LogP contribution in [0.2, 0.25) is 0 Å². The largest absolute Gasteiger partial charge is 0.493 e. The number of hydrogen-bond donors (Lipinski definition) is 4. The molecular weight excluding hydrogens is 448 g/mol. The third kappa shape index (κ3) is 8.42. The van der Waals surface area contributed by atoms with E-state index in [-0.39, 0.29) is 36.9 Å². The second-order valence-corrected chi connectivity index (χ2v) is 9.99. The van der Waals surface area contributed by atoms with Gasteiger partial charge in [0.1, 0.15) is 0 Å². The van der Waals surface area contributed by atoms with E-state index in [0.29, 0.717) is 62.7 Å². The van der Waals surface area contributed by atoms with Crippen molar-refractivity contribution in [3.05, 3.63) is 23.8 Å². The van der Waals surface area contributed by atoms with Crippen molar-refractivity contribution in [3.63, 3.8) is 0 Å². The van der Waals surface area contributed by atoms with Crippen molar-refractivity contribution in [2.45, 2.75) is 58.4 Å². The number of fused-ring (bicyclic) bond motifs is 2. The van der Waals surface area contributed by atoms with Crippen molar-refractivity contribution < 1.29 is 23.9 Å². The predicted octanol–water partition coefficient (Wildman–Crippen LogP) is 1.54. The molecule has 1 unspecified atom stereocenters. The Morgan fingerprint density at radius 3 is 2.69 bits per heavy atom. The highest BCUT2D eigenvalue weighted by atomic mass is 16.5. The molecule has 1 aromatic carbocycles. The van der Waals surface area contributed by atoms with Crippen molar-refractivity contribution >= 4 is 17.7 Å². The summed E-state index contributed by atoms with van der Waals surface area (Å²) in [7, 11) is 1.55. The first-order valence-electron chi connectivity index (χ1n) is 12.7. The van der Waals surface area contributed by atoms with E-state index in [1.54, 1.807) is 13.2 Å². The van der Waals surface area contributed by atoms with Crippen LogP contribution in [-0.2, 0) is 20.8 Å². The fourth-order valence-electron chi connectivity index (χ4n) is 4.42. The smallest absolute Gasteiger partial charge is 0.257 e. The normalized spacial score (nSPS) is 22.7. The molecule has 4 N–H and O–H groups in total. The molecule has 1 heterocycles. The number of rotatable bonds is 5. The molecule has 194 valence electrons. The SMILES string of the molecule is COc1ccc2cc1OCC(=O)NCCNCCCC(=O)NCC(CC1CC1)(C(=O)NC(C)C)C2. The van der Waals surface area contributed by atoms with Gasteiger partial charge in [0.25, 0.3) is 5.91 Å². The highest BCUT2D eigenvalue weighted by Crippen LogP contribution is 2.43. The molecule has 1 saturated carbocycles. The second-order valence-electron chi connectivity index (χ2n) is 9.99. The monoisotopic (exact) mass is 488 g/mol. The van der Waals surface area contributed by atoms with Crippen LogP contribution >= 0.6 is 0 Å². The summed E-state index contributed by atoms with van der Waals surface area (Å²) in [4.78, 5) is 38.5. The summed E-state index contributed by atoms with van der Waals surface area (Å²) >= 11 is 0. The zero-order valence-electron chi connectivity index (χ0n) is 21.2. The Kier molecular flexibility index (Phi) is 9.77. The summed E-state index contributed by atoms with van der Waals surface area (Å²) in [5.74, 6) is 1.12.